The Bertz CT molecular complexity index is 329. The van der Waals surface area contributed by atoms with E-state index in [1.54, 1.807) is 12.0 Å². The summed E-state index contributed by atoms with van der Waals surface area (Å²) in [4.78, 5) is 1.70. The predicted molar refractivity (Wildman–Crippen MR) is 72.5 cm³/mol. The van der Waals surface area contributed by atoms with Crippen LogP contribution in [-0.2, 0) is 0 Å². The van der Waals surface area contributed by atoms with Gasteiger partial charge in [0, 0.05) is 0 Å². The summed E-state index contributed by atoms with van der Waals surface area (Å²) in [5.41, 5.74) is 0. The Labute approximate surface area is 110 Å². The normalized spacial score (nSPS) is 17.2. The van der Waals surface area contributed by atoms with Crippen molar-refractivity contribution in [3.05, 3.63) is 24.3 Å². The lowest BCUT2D eigenvalue weighted by Gasteiger charge is -2.17. The largest absolute Gasteiger partial charge is 0.497 e. The van der Waals surface area contributed by atoms with E-state index in [0.29, 0.717) is 0 Å². The third-order valence-corrected chi connectivity index (χ3v) is 3.59. The number of quaternary nitrogens is 1. The molecule has 1 fully saturated rings. The van der Waals surface area contributed by atoms with E-state index in [-0.39, 0.29) is 0 Å². The quantitative estimate of drug-likeness (QED) is 0.856. The van der Waals surface area contributed by atoms with Crippen molar-refractivity contribution in [2.45, 2.75) is 25.7 Å². The Morgan fingerprint density at radius 2 is 1.56 bits per heavy atom. The van der Waals surface area contributed by atoms with Crippen LogP contribution in [0.3, 0.4) is 0 Å². The minimum absolute atomic E-state index is 0.807. The summed E-state index contributed by atoms with van der Waals surface area (Å²) in [7, 11) is 1.68. The first-order valence-electron chi connectivity index (χ1n) is 6.99. The van der Waals surface area contributed by atoms with Crippen molar-refractivity contribution in [3.63, 3.8) is 0 Å². The van der Waals surface area contributed by atoms with Crippen molar-refractivity contribution in [1.29, 1.82) is 0 Å². The number of benzene rings is 1. The van der Waals surface area contributed by atoms with Crippen LogP contribution in [0.1, 0.15) is 25.7 Å². The molecule has 1 aliphatic heterocycles. The SMILES string of the molecule is COc1ccc(OCC[NH+]2CCCCCC2)cc1. The molecule has 0 bridgehead atoms. The highest BCUT2D eigenvalue weighted by atomic mass is 16.5. The standard InChI is InChI=1S/C15H23NO2/c1-17-14-6-8-15(9-7-14)18-13-12-16-10-4-2-3-5-11-16/h6-9H,2-5,10-13H2,1H3/p+1. The molecule has 1 N–H and O–H groups in total. The lowest BCUT2D eigenvalue weighted by molar-refractivity contribution is -0.899. The summed E-state index contributed by atoms with van der Waals surface area (Å²) in [6.07, 6.45) is 5.56. The van der Waals surface area contributed by atoms with Gasteiger partial charge in [0.2, 0.25) is 0 Å². The Morgan fingerprint density at radius 1 is 0.944 bits per heavy atom. The van der Waals surface area contributed by atoms with E-state index in [0.717, 1.165) is 24.7 Å². The average Bonchev–Trinajstić information content (AvgIpc) is 2.68. The summed E-state index contributed by atoms with van der Waals surface area (Å²) in [6, 6.07) is 7.81. The molecule has 18 heavy (non-hydrogen) atoms. The first-order valence-corrected chi connectivity index (χ1v) is 6.99. The maximum atomic E-state index is 5.77. The van der Waals surface area contributed by atoms with Crippen LogP contribution in [0.4, 0.5) is 0 Å². The number of rotatable bonds is 5. The Hall–Kier alpha value is -1.22. The van der Waals surface area contributed by atoms with Crippen molar-refractivity contribution in [1.82, 2.24) is 0 Å². The van der Waals surface area contributed by atoms with E-state index in [2.05, 4.69) is 0 Å². The van der Waals surface area contributed by atoms with Crippen molar-refractivity contribution >= 4 is 0 Å². The molecule has 1 saturated heterocycles. The predicted octanol–water partition coefficient (Wildman–Crippen LogP) is 1.53. The average molecular weight is 250 g/mol. The van der Waals surface area contributed by atoms with Gasteiger partial charge in [0.05, 0.1) is 20.2 Å². The minimum Gasteiger partial charge on any atom is -0.497 e. The highest BCUT2D eigenvalue weighted by Gasteiger charge is 2.11. The molecule has 0 aromatic heterocycles. The molecule has 1 aromatic rings. The van der Waals surface area contributed by atoms with Crippen molar-refractivity contribution in [2.75, 3.05) is 33.4 Å². The van der Waals surface area contributed by atoms with Gasteiger partial charge < -0.3 is 14.4 Å². The molecule has 0 spiro atoms. The molecule has 0 amide bonds. The molecule has 0 saturated carbocycles. The van der Waals surface area contributed by atoms with Crippen molar-refractivity contribution in [3.8, 4) is 11.5 Å². The van der Waals surface area contributed by atoms with E-state index in [4.69, 9.17) is 9.47 Å². The highest BCUT2D eigenvalue weighted by Crippen LogP contribution is 2.16. The van der Waals surface area contributed by atoms with Gasteiger partial charge in [-0.25, -0.2) is 0 Å². The molecule has 0 unspecified atom stereocenters. The molecule has 0 atom stereocenters. The molecule has 0 radical (unpaired) electrons. The monoisotopic (exact) mass is 250 g/mol. The lowest BCUT2D eigenvalue weighted by atomic mass is 10.2. The topological polar surface area (TPSA) is 22.9 Å². The van der Waals surface area contributed by atoms with Crippen molar-refractivity contribution in [2.24, 2.45) is 0 Å². The van der Waals surface area contributed by atoms with Gasteiger partial charge in [0.1, 0.15) is 24.7 Å². The summed E-state index contributed by atoms with van der Waals surface area (Å²) in [5.74, 6) is 1.81. The summed E-state index contributed by atoms with van der Waals surface area (Å²) >= 11 is 0. The molecular weight excluding hydrogens is 226 g/mol. The minimum atomic E-state index is 0.807. The molecule has 1 aliphatic rings. The van der Waals surface area contributed by atoms with Crippen LogP contribution < -0.4 is 14.4 Å². The molecule has 3 heteroatoms. The van der Waals surface area contributed by atoms with E-state index < -0.39 is 0 Å². The Kier molecular flexibility index (Phi) is 5.34. The van der Waals surface area contributed by atoms with Crippen LogP contribution in [0.5, 0.6) is 11.5 Å². The molecule has 0 aliphatic carbocycles. The number of hydrogen-bond donors (Lipinski definition) is 1. The highest BCUT2D eigenvalue weighted by molar-refractivity contribution is 5.31. The fourth-order valence-corrected chi connectivity index (χ4v) is 2.46. The van der Waals surface area contributed by atoms with E-state index in [9.17, 15) is 0 Å². The molecular formula is C15H24NO2+. The van der Waals surface area contributed by atoms with Gasteiger partial charge in [0.15, 0.2) is 0 Å². The van der Waals surface area contributed by atoms with Gasteiger partial charge in [-0.15, -0.1) is 0 Å². The number of likely N-dealkylation sites (tertiary alicyclic amines) is 1. The van der Waals surface area contributed by atoms with Gasteiger partial charge >= 0.3 is 0 Å². The van der Waals surface area contributed by atoms with Crippen molar-refractivity contribution < 1.29 is 14.4 Å². The Balaban J connectivity index is 1.70. The molecule has 1 heterocycles. The third kappa shape index (κ3) is 4.22. The third-order valence-electron chi connectivity index (χ3n) is 3.59. The van der Waals surface area contributed by atoms with Gasteiger partial charge in [0.25, 0.3) is 0 Å². The zero-order valence-electron chi connectivity index (χ0n) is 11.3. The fraction of sp³-hybridized carbons (Fsp3) is 0.600. The fourth-order valence-electron chi connectivity index (χ4n) is 2.46. The van der Waals surface area contributed by atoms with Crippen LogP contribution >= 0.6 is 0 Å². The van der Waals surface area contributed by atoms with Gasteiger partial charge in [-0.1, -0.05) is 0 Å². The number of nitrogens with one attached hydrogen (secondary N) is 1. The van der Waals surface area contributed by atoms with Crippen LogP contribution in [0.25, 0.3) is 0 Å². The van der Waals surface area contributed by atoms with Crippen LogP contribution in [-0.4, -0.2) is 33.4 Å². The summed E-state index contributed by atoms with van der Waals surface area (Å²) < 4.78 is 10.9. The lowest BCUT2D eigenvalue weighted by Crippen LogP contribution is -3.12. The first-order chi connectivity index (χ1) is 8.88. The Morgan fingerprint density at radius 3 is 2.17 bits per heavy atom. The van der Waals surface area contributed by atoms with E-state index in [1.165, 1.54) is 38.8 Å². The van der Waals surface area contributed by atoms with Gasteiger partial charge in [-0.3, -0.25) is 0 Å². The zero-order valence-corrected chi connectivity index (χ0v) is 11.3. The van der Waals surface area contributed by atoms with E-state index in [1.807, 2.05) is 24.3 Å². The second-order valence-electron chi connectivity index (χ2n) is 4.94. The summed E-state index contributed by atoms with van der Waals surface area (Å²) in [5, 5.41) is 0. The maximum Gasteiger partial charge on any atom is 0.137 e. The second kappa shape index (κ2) is 7.27. The molecule has 1 aromatic carbocycles. The molecule has 3 nitrogen and oxygen atoms in total. The molecule has 100 valence electrons. The van der Waals surface area contributed by atoms with Gasteiger partial charge in [-0.2, -0.15) is 0 Å². The second-order valence-corrected chi connectivity index (χ2v) is 4.94. The van der Waals surface area contributed by atoms with Crippen LogP contribution in [0.15, 0.2) is 24.3 Å². The molecule has 2 rings (SSSR count). The first kappa shape index (κ1) is 13.2. The zero-order chi connectivity index (χ0) is 12.6. The van der Waals surface area contributed by atoms with Gasteiger partial charge in [-0.05, 0) is 49.9 Å². The maximum absolute atomic E-state index is 5.77. The van der Waals surface area contributed by atoms with Crippen LogP contribution in [0.2, 0.25) is 0 Å². The smallest absolute Gasteiger partial charge is 0.137 e. The van der Waals surface area contributed by atoms with E-state index >= 15 is 0 Å². The number of methoxy groups -OCH3 is 1. The number of hydrogen-bond acceptors (Lipinski definition) is 2. The van der Waals surface area contributed by atoms with Crippen LogP contribution in [0, 0.1) is 0 Å². The number of ether oxygens (including phenoxy) is 2. The summed E-state index contributed by atoms with van der Waals surface area (Å²) in [6.45, 7) is 4.55.